The molecule has 0 aliphatic rings. The van der Waals surface area contributed by atoms with Crippen LogP contribution in [0.5, 0.6) is 0 Å². The molecule has 0 fully saturated rings. The lowest BCUT2D eigenvalue weighted by atomic mass is 10.3. The average molecular weight is 223 g/mol. The number of carbonyl (C=O) groups excluding carboxylic acids is 1. The molecule has 0 aliphatic carbocycles. The van der Waals surface area contributed by atoms with Gasteiger partial charge in [0.05, 0.1) is 17.9 Å². The molecular formula is C8H9N5OS. The molecule has 2 heterocycles. The van der Waals surface area contributed by atoms with Crippen LogP contribution < -0.4 is 5.32 Å². The fraction of sp³-hybridized carbons (Fsp3) is 0.250. The fourth-order valence-corrected chi connectivity index (χ4v) is 1.65. The lowest BCUT2D eigenvalue weighted by Crippen LogP contribution is -2.22. The number of nitrogens with zero attached hydrogens (tertiary/aromatic N) is 3. The van der Waals surface area contributed by atoms with Gasteiger partial charge < -0.3 is 5.32 Å². The molecule has 0 saturated carbocycles. The number of aromatic amines is 1. The standard InChI is InChI=1S/C8H9N5OS/c1-5-7(15-13-11-5)8(14)9-4-6-2-3-10-12-6/h2-3H,4H2,1H3,(H,9,14)(H,10,12). The summed E-state index contributed by atoms with van der Waals surface area (Å²) < 4.78 is 3.70. The highest BCUT2D eigenvalue weighted by Gasteiger charge is 2.12. The van der Waals surface area contributed by atoms with Crippen molar-refractivity contribution < 1.29 is 4.79 Å². The summed E-state index contributed by atoms with van der Waals surface area (Å²) in [5.74, 6) is -0.155. The number of carbonyl (C=O) groups is 1. The second kappa shape index (κ2) is 4.18. The Bertz CT molecular complexity index is 449. The van der Waals surface area contributed by atoms with Crippen molar-refractivity contribution in [2.45, 2.75) is 13.5 Å². The van der Waals surface area contributed by atoms with Crippen LogP contribution in [-0.4, -0.2) is 25.7 Å². The fourth-order valence-electron chi connectivity index (χ4n) is 1.08. The van der Waals surface area contributed by atoms with Gasteiger partial charge in [0.2, 0.25) is 0 Å². The number of hydrogen-bond donors (Lipinski definition) is 2. The Morgan fingerprint density at radius 2 is 2.53 bits per heavy atom. The summed E-state index contributed by atoms with van der Waals surface area (Å²) in [6, 6.07) is 1.80. The van der Waals surface area contributed by atoms with Crippen LogP contribution in [0, 0.1) is 6.92 Å². The molecule has 0 radical (unpaired) electrons. The van der Waals surface area contributed by atoms with Crippen molar-refractivity contribution in [3.63, 3.8) is 0 Å². The van der Waals surface area contributed by atoms with Crippen LogP contribution in [0.1, 0.15) is 21.1 Å². The second-order valence-electron chi connectivity index (χ2n) is 2.95. The lowest BCUT2D eigenvalue weighted by Gasteiger charge is -2.00. The molecule has 0 aliphatic heterocycles. The summed E-state index contributed by atoms with van der Waals surface area (Å²) >= 11 is 1.10. The third-order valence-corrected chi connectivity index (χ3v) is 2.68. The molecule has 0 saturated heterocycles. The van der Waals surface area contributed by atoms with Gasteiger partial charge in [-0.1, -0.05) is 4.49 Å². The van der Waals surface area contributed by atoms with E-state index in [1.165, 1.54) is 0 Å². The molecule has 2 aromatic rings. The Morgan fingerprint density at radius 3 is 3.13 bits per heavy atom. The van der Waals surface area contributed by atoms with Crippen LogP contribution in [-0.2, 0) is 6.54 Å². The average Bonchev–Trinajstić information content (AvgIpc) is 2.84. The molecule has 2 rings (SSSR count). The minimum absolute atomic E-state index is 0.155. The maximum absolute atomic E-state index is 11.6. The van der Waals surface area contributed by atoms with Gasteiger partial charge in [0.15, 0.2) is 0 Å². The van der Waals surface area contributed by atoms with Crippen molar-refractivity contribution in [3.05, 3.63) is 28.5 Å². The highest BCUT2D eigenvalue weighted by atomic mass is 32.1. The first-order chi connectivity index (χ1) is 7.27. The predicted octanol–water partition coefficient (Wildman–Crippen LogP) is 0.500. The molecule has 0 spiro atoms. The van der Waals surface area contributed by atoms with Gasteiger partial charge in [-0.25, -0.2) is 0 Å². The summed E-state index contributed by atoms with van der Waals surface area (Å²) in [4.78, 5) is 12.2. The van der Waals surface area contributed by atoms with Crippen molar-refractivity contribution in [1.82, 2.24) is 25.1 Å². The normalized spacial score (nSPS) is 10.2. The van der Waals surface area contributed by atoms with E-state index in [1.54, 1.807) is 19.2 Å². The summed E-state index contributed by atoms with van der Waals surface area (Å²) in [5.41, 5.74) is 1.51. The SMILES string of the molecule is Cc1nnsc1C(=O)NCc1ccn[nH]1. The predicted molar refractivity (Wildman–Crippen MR) is 54.4 cm³/mol. The molecular weight excluding hydrogens is 214 g/mol. The Kier molecular flexibility index (Phi) is 2.72. The lowest BCUT2D eigenvalue weighted by molar-refractivity contribution is 0.0953. The minimum Gasteiger partial charge on any atom is -0.346 e. The van der Waals surface area contributed by atoms with Crippen LogP contribution >= 0.6 is 11.5 Å². The zero-order valence-electron chi connectivity index (χ0n) is 8.02. The van der Waals surface area contributed by atoms with Crippen LogP contribution in [0.25, 0.3) is 0 Å². The molecule has 2 aromatic heterocycles. The van der Waals surface area contributed by atoms with Gasteiger partial charge in [-0.15, -0.1) is 5.10 Å². The summed E-state index contributed by atoms with van der Waals surface area (Å²) in [6.07, 6.45) is 1.64. The number of nitrogens with one attached hydrogen (secondary N) is 2. The molecule has 15 heavy (non-hydrogen) atoms. The van der Waals surface area contributed by atoms with E-state index >= 15 is 0 Å². The van der Waals surface area contributed by atoms with E-state index in [1.807, 2.05) is 0 Å². The highest BCUT2D eigenvalue weighted by molar-refractivity contribution is 7.07. The maximum atomic E-state index is 11.6. The molecule has 2 N–H and O–H groups in total. The number of rotatable bonds is 3. The third kappa shape index (κ3) is 2.18. The first kappa shape index (κ1) is 9.78. The Hall–Kier alpha value is -1.76. The summed E-state index contributed by atoms with van der Waals surface area (Å²) in [6.45, 7) is 2.19. The van der Waals surface area contributed by atoms with E-state index in [4.69, 9.17) is 0 Å². The van der Waals surface area contributed by atoms with Gasteiger partial charge in [0.1, 0.15) is 4.88 Å². The van der Waals surface area contributed by atoms with Gasteiger partial charge in [-0.05, 0) is 24.5 Å². The van der Waals surface area contributed by atoms with Crippen LogP contribution in [0.2, 0.25) is 0 Å². The van der Waals surface area contributed by atoms with E-state index in [2.05, 4.69) is 25.1 Å². The molecule has 0 bridgehead atoms. The van der Waals surface area contributed by atoms with Crippen molar-refractivity contribution in [3.8, 4) is 0 Å². The van der Waals surface area contributed by atoms with E-state index in [9.17, 15) is 4.79 Å². The zero-order chi connectivity index (χ0) is 10.7. The minimum atomic E-state index is -0.155. The van der Waals surface area contributed by atoms with E-state index in [0.717, 1.165) is 17.2 Å². The van der Waals surface area contributed by atoms with Crippen LogP contribution in [0.4, 0.5) is 0 Å². The number of hydrogen-bond acceptors (Lipinski definition) is 5. The molecule has 1 amide bonds. The largest absolute Gasteiger partial charge is 0.346 e. The number of aryl methyl sites for hydroxylation is 1. The first-order valence-corrected chi connectivity index (χ1v) is 5.10. The van der Waals surface area contributed by atoms with E-state index < -0.39 is 0 Å². The Morgan fingerprint density at radius 1 is 1.67 bits per heavy atom. The number of H-pyrrole nitrogens is 1. The molecule has 7 heteroatoms. The molecule has 0 atom stereocenters. The van der Waals surface area contributed by atoms with Crippen molar-refractivity contribution >= 4 is 17.4 Å². The van der Waals surface area contributed by atoms with Gasteiger partial charge in [0.25, 0.3) is 5.91 Å². The first-order valence-electron chi connectivity index (χ1n) is 4.33. The Balaban J connectivity index is 1.96. The monoisotopic (exact) mass is 223 g/mol. The van der Waals surface area contributed by atoms with Gasteiger partial charge in [-0.3, -0.25) is 9.89 Å². The Labute approximate surface area is 89.9 Å². The smallest absolute Gasteiger partial charge is 0.265 e. The van der Waals surface area contributed by atoms with Gasteiger partial charge in [0, 0.05) is 6.20 Å². The topological polar surface area (TPSA) is 83.6 Å². The van der Waals surface area contributed by atoms with Crippen molar-refractivity contribution in [1.29, 1.82) is 0 Å². The second-order valence-corrected chi connectivity index (χ2v) is 3.71. The maximum Gasteiger partial charge on any atom is 0.265 e. The van der Waals surface area contributed by atoms with Crippen LogP contribution in [0.15, 0.2) is 12.3 Å². The van der Waals surface area contributed by atoms with Crippen LogP contribution in [0.3, 0.4) is 0 Å². The zero-order valence-corrected chi connectivity index (χ0v) is 8.84. The molecule has 0 unspecified atom stereocenters. The van der Waals surface area contributed by atoms with Crippen molar-refractivity contribution in [2.75, 3.05) is 0 Å². The van der Waals surface area contributed by atoms with Gasteiger partial charge in [-0.2, -0.15) is 5.10 Å². The quantitative estimate of drug-likeness (QED) is 0.793. The number of amides is 1. The summed E-state index contributed by atoms with van der Waals surface area (Å²) in [7, 11) is 0. The summed E-state index contributed by atoms with van der Waals surface area (Å²) in [5, 5.41) is 13.1. The van der Waals surface area contributed by atoms with Crippen molar-refractivity contribution in [2.24, 2.45) is 0 Å². The molecule has 6 nitrogen and oxygen atoms in total. The number of aromatic nitrogens is 4. The van der Waals surface area contributed by atoms with E-state index in [0.29, 0.717) is 17.1 Å². The van der Waals surface area contributed by atoms with E-state index in [-0.39, 0.29) is 5.91 Å². The molecule has 0 aromatic carbocycles. The third-order valence-electron chi connectivity index (χ3n) is 1.86. The molecule has 78 valence electrons. The van der Waals surface area contributed by atoms with Gasteiger partial charge >= 0.3 is 0 Å². The highest BCUT2D eigenvalue weighted by Crippen LogP contribution is 2.08.